The maximum absolute atomic E-state index is 12.7. The summed E-state index contributed by atoms with van der Waals surface area (Å²) in [4.78, 5) is 18.6. The van der Waals surface area contributed by atoms with E-state index >= 15 is 0 Å². The summed E-state index contributed by atoms with van der Waals surface area (Å²) in [6.45, 7) is 3.22. The molecule has 0 atom stereocenters. The summed E-state index contributed by atoms with van der Waals surface area (Å²) in [5, 5.41) is 4.32. The van der Waals surface area contributed by atoms with Crippen LogP contribution >= 0.6 is 11.8 Å². The van der Waals surface area contributed by atoms with Crippen molar-refractivity contribution in [2.75, 3.05) is 37.0 Å². The largest absolute Gasteiger partial charge is 0.355 e. The molecule has 152 valence electrons. The normalized spacial score (nSPS) is 15.6. The second-order valence-electron chi connectivity index (χ2n) is 7.80. The topological polar surface area (TPSA) is 48.1 Å². The highest BCUT2D eigenvalue weighted by Crippen LogP contribution is 2.26. The molecule has 0 aliphatic carbocycles. The summed E-state index contributed by atoms with van der Waals surface area (Å²) in [5.74, 6) is 1.50. The fourth-order valence-corrected chi connectivity index (χ4v) is 4.48. The number of rotatable bonds is 7. The van der Waals surface area contributed by atoms with Gasteiger partial charge in [-0.2, -0.15) is 11.8 Å². The van der Waals surface area contributed by atoms with Crippen molar-refractivity contribution in [2.24, 2.45) is 5.92 Å². The summed E-state index contributed by atoms with van der Waals surface area (Å²) in [6, 6.07) is 18.6. The Balaban J connectivity index is 1.31. The molecule has 0 radical (unpaired) electrons. The van der Waals surface area contributed by atoms with Gasteiger partial charge in [0.15, 0.2) is 0 Å². The number of likely N-dealkylation sites (tertiary alicyclic amines) is 1. The molecule has 3 aromatic rings. The molecule has 2 aromatic carbocycles. The Morgan fingerprint density at radius 1 is 1.14 bits per heavy atom. The van der Waals surface area contributed by atoms with Gasteiger partial charge in [-0.25, -0.2) is 0 Å². The molecule has 4 nitrogen and oxygen atoms in total. The summed E-state index contributed by atoms with van der Waals surface area (Å²) >= 11 is 1.90. The number of hydrogen-bond donors (Lipinski definition) is 2. The highest BCUT2D eigenvalue weighted by atomic mass is 32.2. The van der Waals surface area contributed by atoms with E-state index in [4.69, 9.17) is 0 Å². The summed E-state index contributed by atoms with van der Waals surface area (Å²) in [6.07, 6.45) is 5.31. The number of nitrogens with one attached hydrogen (secondary N) is 2. The van der Waals surface area contributed by atoms with Crippen LogP contribution in [0.15, 0.2) is 54.6 Å². The third-order valence-corrected chi connectivity index (χ3v) is 6.47. The van der Waals surface area contributed by atoms with Crippen molar-refractivity contribution < 1.29 is 4.79 Å². The molecule has 29 heavy (non-hydrogen) atoms. The number of carbonyl (C=O) groups excluding carboxylic acids is 1. The molecule has 4 rings (SSSR count). The summed E-state index contributed by atoms with van der Waals surface area (Å²) < 4.78 is 0. The van der Waals surface area contributed by atoms with Gasteiger partial charge in [0, 0.05) is 28.2 Å². The monoisotopic (exact) mass is 407 g/mol. The highest BCUT2D eigenvalue weighted by molar-refractivity contribution is 7.98. The number of nitrogens with zero attached hydrogens (tertiary/aromatic N) is 1. The quantitative estimate of drug-likeness (QED) is 0.527. The third kappa shape index (κ3) is 5.03. The number of amides is 1. The number of benzene rings is 2. The Labute approximate surface area is 177 Å². The van der Waals surface area contributed by atoms with E-state index in [0.29, 0.717) is 0 Å². The molecule has 1 amide bonds. The Kier molecular flexibility index (Phi) is 6.57. The molecule has 1 aromatic heterocycles. The smallest absolute Gasteiger partial charge is 0.227 e. The predicted octanol–water partition coefficient (Wildman–Crippen LogP) is 5.24. The first-order chi connectivity index (χ1) is 14.2. The van der Waals surface area contributed by atoms with Gasteiger partial charge in [0.05, 0.1) is 0 Å². The lowest BCUT2D eigenvalue weighted by Crippen LogP contribution is -2.38. The van der Waals surface area contributed by atoms with Gasteiger partial charge in [0.25, 0.3) is 0 Å². The van der Waals surface area contributed by atoms with Crippen LogP contribution < -0.4 is 5.32 Å². The lowest BCUT2D eigenvalue weighted by Gasteiger charge is -2.31. The van der Waals surface area contributed by atoms with Crippen LogP contribution in [0.5, 0.6) is 0 Å². The van der Waals surface area contributed by atoms with Gasteiger partial charge in [-0.1, -0.05) is 30.3 Å². The van der Waals surface area contributed by atoms with Crippen molar-refractivity contribution in [1.29, 1.82) is 0 Å². The molecule has 1 aliphatic rings. The minimum atomic E-state index is 0.125. The average molecular weight is 408 g/mol. The highest BCUT2D eigenvalue weighted by Gasteiger charge is 2.24. The van der Waals surface area contributed by atoms with Crippen molar-refractivity contribution in [3.05, 3.63) is 54.6 Å². The molecular weight excluding hydrogens is 378 g/mol. The zero-order valence-corrected chi connectivity index (χ0v) is 17.8. The van der Waals surface area contributed by atoms with Crippen LogP contribution in [-0.4, -0.2) is 47.4 Å². The van der Waals surface area contributed by atoms with Crippen LogP contribution in [0.25, 0.3) is 22.2 Å². The van der Waals surface area contributed by atoms with Gasteiger partial charge in [-0.05, 0) is 80.7 Å². The van der Waals surface area contributed by atoms with E-state index in [1.165, 1.54) is 17.6 Å². The number of para-hydroxylation sites is 1. The van der Waals surface area contributed by atoms with Crippen molar-refractivity contribution >= 4 is 34.3 Å². The van der Waals surface area contributed by atoms with Gasteiger partial charge in [-0.15, -0.1) is 0 Å². The number of H-pyrrole nitrogens is 1. The standard InChI is InChI=1S/C24H29N3OS/c1-29-16-4-13-27-14-11-19(12-15-27)24(28)25-21-9-7-18(8-10-21)23-17-20-5-2-3-6-22(20)26-23/h2-3,5-10,17,19,26H,4,11-16H2,1H3,(H,25,28). The Morgan fingerprint density at radius 2 is 1.90 bits per heavy atom. The van der Waals surface area contributed by atoms with E-state index in [0.717, 1.165) is 54.9 Å². The Bertz CT molecular complexity index is 909. The maximum atomic E-state index is 12.7. The number of aromatic nitrogens is 1. The van der Waals surface area contributed by atoms with Crippen LogP contribution in [0.2, 0.25) is 0 Å². The number of carbonyl (C=O) groups is 1. The van der Waals surface area contributed by atoms with Gasteiger partial charge >= 0.3 is 0 Å². The first-order valence-corrected chi connectivity index (χ1v) is 11.8. The number of aromatic amines is 1. The van der Waals surface area contributed by atoms with Gasteiger partial charge in [0.1, 0.15) is 0 Å². The molecule has 1 fully saturated rings. The van der Waals surface area contributed by atoms with Crippen molar-refractivity contribution in [3.8, 4) is 11.3 Å². The molecule has 0 bridgehead atoms. The maximum Gasteiger partial charge on any atom is 0.227 e. The molecule has 5 heteroatoms. The van der Waals surface area contributed by atoms with Crippen molar-refractivity contribution in [2.45, 2.75) is 19.3 Å². The minimum absolute atomic E-state index is 0.125. The van der Waals surface area contributed by atoms with Crippen LogP contribution in [0.4, 0.5) is 5.69 Å². The first kappa shape index (κ1) is 20.0. The predicted molar refractivity (Wildman–Crippen MR) is 125 cm³/mol. The number of fused-ring (bicyclic) bond motifs is 1. The summed E-state index contributed by atoms with van der Waals surface area (Å²) in [7, 11) is 0. The fourth-order valence-electron chi connectivity index (χ4n) is 4.06. The zero-order chi connectivity index (χ0) is 20.1. The minimum Gasteiger partial charge on any atom is -0.355 e. The number of hydrogen-bond acceptors (Lipinski definition) is 3. The number of thioether (sulfide) groups is 1. The van der Waals surface area contributed by atoms with Gasteiger partial charge in [-0.3, -0.25) is 4.79 Å². The van der Waals surface area contributed by atoms with Crippen LogP contribution in [-0.2, 0) is 4.79 Å². The van der Waals surface area contributed by atoms with E-state index in [9.17, 15) is 4.79 Å². The second kappa shape index (κ2) is 9.51. The van der Waals surface area contributed by atoms with E-state index in [1.54, 1.807) is 0 Å². The van der Waals surface area contributed by atoms with E-state index in [2.05, 4.69) is 51.8 Å². The van der Waals surface area contributed by atoms with E-state index in [1.807, 2.05) is 36.0 Å². The first-order valence-electron chi connectivity index (χ1n) is 10.4. The Morgan fingerprint density at radius 3 is 2.62 bits per heavy atom. The molecule has 0 unspecified atom stereocenters. The molecule has 0 spiro atoms. The molecule has 0 saturated carbocycles. The molecular formula is C24H29N3OS. The zero-order valence-electron chi connectivity index (χ0n) is 17.0. The van der Waals surface area contributed by atoms with Crippen LogP contribution in [0, 0.1) is 5.92 Å². The Hall–Kier alpha value is -2.24. The number of anilines is 1. The van der Waals surface area contributed by atoms with Crippen molar-refractivity contribution in [3.63, 3.8) is 0 Å². The summed E-state index contributed by atoms with van der Waals surface area (Å²) in [5.41, 5.74) is 4.23. The average Bonchev–Trinajstić information content (AvgIpc) is 3.19. The number of piperidine rings is 1. The van der Waals surface area contributed by atoms with E-state index in [-0.39, 0.29) is 11.8 Å². The lowest BCUT2D eigenvalue weighted by atomic mass is 9.95. The molecule has 1 saturated heterocycles. The van der Waals surface area contributed by atoms with Crippen LogP contribution in [0.3, 0.4) is 0 Å². The van der Waals surface area contributed by atoms with Gasteiger partial charge in [0.2, 0.25) is 5.91 Å². The van der Waals surface area contributed by atoms with E-state index < -0.39 is 0 Å². The lowest BCUT2D eigenvalue weighted by molar-refractivity contribution is -0.121. The molecule has 2 N–H and O–H groups in total. The second-order valence-corrected chi connectivity index (χ2v) is 8.78. The van der Waals surface area contributed by atoms with Gasteiger partial charge < -0.3 is 15.2 Å². The van der Waals surface area contributed by atoms with Crippen molar-refractivity contribution in [1.82, 2.24) is 9.88 Å². The fraction of sp³-hybridized carbons (Fsp3) is 0.375. The third-order valence-electron chi connectivity index (χ3n) is 5.77. The molecule has 1 aliphatic heterocycles. The van der Waals surface area contributed by atoms with Crippen LogP contribution in [0.1, 0.15) is 19.3 Å². The molecule has 2 heterocycles. The SMILES string of the molecule is CSCCCN1CCC(C(=O)Nc2ccc(-c3cc4ccccc4[nH]3)cc2)CC1.